The van der Waals surface area contributed by atoms with E-state index in [9.17, 15) is 9.59 Å². The molecule has 37 heavy (non-hydrogen) atoms. The fourth-order valence-electron chi connectivity index (χ4n) is 4.95. The summed E-state index contributed by atoms with van der Waals surface area (Å²) in [6, 6.07) is 12.7. The van der Waals surface area contributed by atoms with Gasteiger partial charge in [-0.15, -0.1) is 11.3 Å². The van der Waals surface area contributed by atoms with E-state index in [2.05, 4.69) is 39.5 Å². The number of aromatic nitrogens is 1. The van der Waals surface area contributed by atoms with E-state index in [-0.39, 0.29) is 18.0 Å². The number of carbonyl (C=O) groups excluding carboxylic acids is 2. The Morgan fingerprint density at radius 2 is 1.73 bits per heavy atom. The zero-order valence-corrected chi connectivity index (χ0v) is 22.7. The summed E-state index contributed by atoms with van der Waals surface area (Å²) in [5.74, 6) is 0.329. The summed E-state index contributed by atoms with van der Waals surface area (Å²) < 4.78 is 5.49. The maximum absolute atomic E-state index is 12.9. The predicted molar refractivity (Wildman–Crippen MR) is 148 cm³/mol. The average molecular weight is 522 g/mol. The molecule has 5 rings (SSSR count). The zero-order valence-electron chi connectivity index (χ0n) is 21.9. The van der Waals surface area contributed by atoms with E-state index in [0.29, 0.717) is 29.6 Å². The number of ether oxygens (including phenoxy) is 1. The Kier molecular flexibility index (Phi) is 6.74. The Bertz CT molecular complexity index is 1300. The van der Waals surface area contributed by atoms with E-state index in [4.69, 9.17) is 10.5 Å². The molecule has 2 aromatic heterocycles. The third-order valence-electron chi connectivity index (χ3n) is 7.07. The molecule has 196 valence electrons. The minimum atomic E-state index is -0.476. The van der Waals surface area contributed by atoms with E-state index in [1.807, 2.05) is 39.8 Å². The molecule has 1 saturated heterocycles. The second-order valence-electron chi connectivity index (χ2n) is 11.0. The van der Waals surface area contributed by atoms with Crippen molar-refractivity contribution in [3.05, 3.63) is 52.5 Å². The van der Waals surface area contributed by atoms with Crippen LogP contribution < -0.4 is 16.0 Å². The molecule has 1 aliphatic carbocycles. The first-order valence-electron chi connectivity index (χ1n) is 12.9. The van der Waals surface area contributed by atoms with Crippen LogP contribution in [0.4, 0.5) is 16.2 Å². The number of nitrogens with two attached hydrogens (primary N) is 1. The topological polar surface area (TPSA) is 101 Å². The summed E-state index contributed by atoms with van der Waals surface area (Å²) in [7, 11) is 0. The van der Waals surface area contributed by atoms with Crippen molar-refractivity contribution < 1.29 is 14.3 Å². The van der Waals surface area contributed by atoms with E-state index in [1.165, 1.54) is 22.6 Å². The molecule has 1 saturated carbocycles. The number of fused-ring (bicyclic) bond motifs is 1. The number of nitrogens with zero attached hydrogens (tertiary/aromatic N) is 3. The van der Waals surface area contributed by atoms with E-state index in [0.717, 1.165) is 41.8 Å². The van der Waals surface area contributed by atoms with Crippen LogP contribution in [0.1, 0.15) is 60.5 Å². The molecule has 0 radical (unpaired) electrons. The maximum atomic E-state index is 12.9. The first-order chi connectivity index (χ1) is 17.6. The first kappa shape index (κ1) is 25.3. The van der Waals surface area contributed by atoms with Crippen molar-refractivity contribution in [2.24, 2.45) is 0 Å². The molecule has 0 atom stereocenters. The van der Waals surface area contributed by atoms with Gasteiger partial charge in [0.1, 0.15) is 15.3 Å². The molecule has 0 unspecified atom stereocenters. The van der Waals surface area contributed by atoms with Crippen LogP contribution in [0.25, 0.3) is 10.2 Å². The molecule has 3 aromatic rings. The first-order valence-corrected chi connectivity index (χ1v) is 13.7. The van der Waals surface area contributed by atoms with Gasteiger partial charge < -0.3 is 25.6 Å². The van der Waals surface area contributed by atoms with Crippen LogP contribution in [-0.4, -0.2) is 59.7 Å². The lowest BCUT2D eigenvalue weighted by molar-refractivity contribution is 0.0240. The molecule has 3 heterocycles. The van der Waals surface area contributed by atoms with Gasteiger partial charge in [-0.05, 0) is 76.3 Å². The van der Waals surface area contributed by atoms with Crippen molar-refractivity contribution in [2.75, 3.05) is 36.8 Å². The Balaban J connectivity index is 1.11. The largest absolute Gasteiger partial charge is 0.444 e. The number of rotatable bonds is 4. The van der Waals surface area contributed by atoms with Gasteiger partial charge in [-0.3, -0.25) is 4.79 Å². The van der Waals surface area contributed by atoms with Gasteiger partial charge in [0.2, 0.25) is 0 Å². The van der Waals surface area contributed by atoms with Crippen molar-refractivity contribution in [3.8, 4) is 0 Å². The number of aryl methyl sites for hydroxylation is 1. The van der Waals surface area contributed by atoms with E-state index < -0.39 is 5.60 Å². The van der Waals surface area contributed by atoms with Gasteiger partial charge in [-0.2, -0.15) is 0 Å². The monoisotopic (exact) mass is 521 g/mol. The summed E-state index contributed by atoms with van der Waals surface area (Å²) in [5, 5.41) is 4.00. The Labute approximate surface area is 221 Å². The number of hydrogen-bond acceptors (Lipinski definition) is 7. The highest BCUT2D eigenvalue weighted by Gasteiger charge is 2.33. The Morgan fingerprint density at radius 1 is 1.05 bits per heavy atom. The molecule has 2 fully saturated rings. The number of hydrogen-bond donors (Lipinski definition) is 2. The molecular weight excluding hydrogens is 486 g/mol. The van der Waals surface area contributed by atoms with Crippen LogP contribution >= 0.6 is 11.3 Å². The van der Waals surface area contributed by atoms with Gasteiger partial charge in [0.25, 0.3) is 5.91 Å². The van der Waals surface area contributed by atoms with Crippen LogP contribution in [0.5, 0.6) is 0 Å². The molecule has 2 aliphatic rings. The highest BCUT2D eigenvalue weighted by molar-refractivity contribution is 7.21. The number of amides is 2. The fraction of sp³-hybridized carbons (Fsp3) is 0.464. The number of thiophene rings is 1. The van der Waals surface area contributed by atoms with Gasteiger partial charge >= 0.3 is 6.09 Å². The van der Waals surface area contributed by atoms with Crippen LogP contribution in [0.3, 0.4) is 0 Å². The van der Waals surface area contributed by atoms with Gasteiger partial charge in [0, 0.05) is 49.0 Å². The lowest BCUT2D eigenvalue weighted by Gasteiger charge is -2.38. The number of benzene rings is 1. The number of anilines is 2. The van der Waals surface area contributed by atoms with Gasteiger partial charge in [0.15, 0.2) is 0 Å². The molecule has 9 heteroatoms. The van der Waals surface area contributed by atoms with E-state index in [1.54, 1.807) is 4.90 Å². The number of pyridine rings is 1. The SMILES string of the molecule is Cc1ccc2c(N)c(C(=O)NC3CC(c4ccc(N5CCN(C(=O)OC(C)(C)C)CC5)cc4)C3)sc2n1. The summed E-state index contributed by atoms with van der Waals surface area (Å²) in [4.78, 5) is 35.1. The van der Waals surface area contributed by atoms with Crippen molar-refractivity contribution >= 4 is 44.9 Å². The van der Waals surface area contributed by atoms with Crippen molar-refractivity contribution in [3.63, 3.8) is 0 Å². The number of nitrogens with one attached hydrogen (secondary N) is 1. The third-order valence-corrected chi connectivity index (χ3v) is 8.19. The molecule has 1 aromatic carbocycles. The molecular formula is C28H35N5O3S. The minimum absolute atomic E-state index is 0.109. The summed E-state index contributed by atoms with van der Waals surface area (Å²) in [5.41, 5.74) is 9.66. The zero-order chi connectivity index (χ0) is 26.3. The second kappa shape index (κ2) is 9.85. The smallest absolute Gasteiger partial charge is 0.410 e. The molecule has 8 nitrogen and oxygen atoms in total. The van der Waals surface area contributed by atoms with Crippen LogP contribution in [0.15, 0.2) is 36.4 Å². The quantitative estimate of drug-likeness (QED) is 0.505. The molecule has 2 amide bonds. The summed E-state index contributed by atoms with van der Waals surface area (Å²) >= 11 is 1.36. The highest BCUT2D eigenvalue weighted by Crippen LogP contribution is 2.39. The summed E-state index contributed by atoms with van der Waals surface area (Å²) in [6.07, 6.45) is 1.60. The lowest BCUT2D eigenvalue weighted by Crippen LogP contribution is -2.50. The van der Waals surface area contributed by atoms with Crippen molar-refractivity contribution in [2.45, 2.75) is 58.1 Å². The Hall–Kier alpha value is -3.33. The standard InChI is InChI=1S/C28H35N5O3S/c1-17-5-10-22-23(29)24(37-26(22)30-17)25(34)31-20-15-19(16-20)18-6-8-21(9-7-18)32-11-13-33(14-12-32)27(35)36-28(2,3)4/h5-10,19-20H,11-16,29H2,1-4H3,(H,31,34). The number of nitrogen functional groups attached to an aromatic ring is 1. The second-order valence-corrected chi connectivity index (χ2v) is 12.0. The van der Waals surface area contributed by atoms with Crippen LogP contribution in [-0.2, 0) is 4.74 Å². The molecule has 0 bridgehead atoms. The van der Waals surface area contributed by atoms with Crippen molar-refractivity contribution in [1.82, 2.24) is 15.2 Å². The number of carbonyl (C=O) groups is 2. The molecule has 3 N–H and O–H groups in total. The lowest BCUT2D eigenvalue weighted by atomic mass is 9.76. The average Bonchev–Trinajstić information content (AvgIpc) is 3.15. The van der Waals surface area contributed by atoms with Crippen LogP contribution in [0.2, 0.25) is 0 Å². The number of piperazine rings is 1. The van der Waals surface area contributed by atoms with E-state index >= 15 is 0 Å². The van der Waals surface area contributed by atoms with Crippen molar-refractivity contribution in [1.29, 1.82) is 0 Å². The van der Waals surface area contributed by atoms with Crippen LogP contribution in [0, 0.1) is 6.92 Å². The molecule has 1 aliphatic heterocycles. The summed E-state index contributed by atoms with van der Waals surface area (Å²) in [6.45, 7) is 10.5. The normalized spacial score (nSPS) is 20.0. The maximum Gasteiger partial charge on any atom is 0.410 e. The predicted octanol–water partition coefficient (Wildman–Crippen LogP) is 4.92. The minimum Gasteiger partial charge on any atom is -0.444 e. The van der Waals surface area contributed by atoms with Gasteiger partial charge in [0.05, 0.1) is 5.69 Å². The Morgan fingerprint density at radius 3 is 2.38 bits per heavy atom. The molecule has 0 spiro atoms. The third kappa shape index (κ3) is 5.51. The van der Waals surface area contributed by atoms with Gasteiger partial charge in [-0.1, -0.05) is 12.1 Å². The highest BCUT2D eigenvalue weighted by atomic mass is 32.1. The van der Waals surface area contributed by atoms with Gasteiger partial charge in [-0.25, -0.2) is 9.78 Å². The fourth-order valence-corrected chi connectivity index (χ4v) is 5.99.